The van der Waals surface area contributed by atoms with E-state index in [0.717, 1.165) is 12.1 Å². The van der Waals surface area contributed by atoms with E-state index in [4.69, 9.17) is 11.6 Å². The predicted octanol–water partition coefficient (Wildman–Crippen LogP) is 4.65. The summed E-state index contributed by atoms with van der Waals surface area (Å²) in [5.74, 6) is -2.22. The first-order chi connectivity index (χ1) is 10.0. The molecule has 112 valence electrons. The molecule has 2 aromatic rings. The SMILES string of the molecule is CCNC(Cc1ccc(F)c(F)c1)c1ccc(Cl)cc1F. The van der Waals surface area contributed by atoms with Crippen LogP contribution >= 0.6 is 11.6 Å². The Morgan fingerprint density at radius 1 is 1.00 bits per heavy atom. The van der Waals surface area contributed by atoms with Crippen molar-refractivity contribution < 1.29 is 13.2 Å². The van der Waals surface area contributed by atoms with Crippen LogP contribution in [0.2, 0.25) is 5.02 Å². The van der Waals surface area contributed by atoms with Crippen molar-refractivity contribution in [3.8, 4) is 0 Å². The van der Waals surface area contributed by atoms with E-state index in [0.29, 0.717) is 29.1 Å². The third-order valence-electron chi connectivity index (χ3n) is 3.21. The van der Waals surface area contributed by atoms with Gasteiger partial charge in [0.05, 0.1) is 0 Å². The van der Waals surface area contributed by atoms with Gasteiger partial charge in [-0.25, -0.2) is 13.2 Å². The predicted molar refractivity (Wildman–Crippen MR) is 77.9 cm³/mol. The summed E-state index contributed by atoms with van der Waals surface area (Å²) in [4.78, 5) is 0. The standard InChI is InChI=1S/C16H15ClF3N/c1-2-21-16(12-5-4-11(17)9-14(12)19)8-10-3-6-13(18)15(20)7-10/h3-7,9,16,21H,2,8H2,1H3. The molecule has 2 aromatic carbocycles. The molecule has 1 nitrogen and oxygen atoms in total. The molecule has 2 rings (SSSR count). The largest absolute Gasteiger partial charge is 0.310 e. The van der Waals surface area contributed by atoms with Crippen LogP contribution < -0.4 is 5.32 Å². The van der Waals surface area contributed by atoms with Crippen LogP contribution in [0.15, 0.2) is 36.4 Å². The molecule has 1 N–H and O–H groups in total. The lowest BCUT2D eigenvalue weighted by molar-refractivity contribution is 0.495. The lowest BCUT2D eigenvalue weighted by atomic mass is 9.98. The van der Waals surface area contributed by atoms with E-state index in [1.807, 2.05) is 6.92 Å². The monoisotopic (exact) mass is 313 g/mol. The third kappa shape index (κ3) is 3.99. The molecule has 0 aliphatic carbocycles. The van der Waals surface area contributed by atoms with Gasteiger partial charge in [0, 0.05) is 16.6 Å². The number of nitrogens with one attached hydrogen (secondary N) is 1. The van der Waals surface area contributed by atoms with Crippen molar-refractivity contribution in [2.45, 2.75) is 19.4 Å². The number of hydrogen-bond acceptors (Lipinski definition) is 1. The highest BCUT2D eigenvalue weighted by Gasteiger charge is 2.16. The van der Waals surface area contributed by atoms with E-state index in [1.54, 1.807) is 12.1 Å². The topological polar surface area (TPSA) is 12.0 Å². The summed E-state index contributed by atoms with van der Waals surface area (Å²) in [5, 5.41) is 3.46. The Hall–Kier alpha value is -1.52. The minimum absolute atomic E-state index is 0.319. The minimum atomic E-state index is -0.903. The zero-order valence-electron chi connectivity index (χ0n) is 11.5. The second kappa shape index (κ2) is 6.96. The highest BCUT2D eigenvalue weighted by molar-refractivity contribution is 6.30. The Bertz CT molecular complexity index is 631. The second-order valence-corrected chi connectivity index (χ2v) is 5.17. The zero-order valence-corrected chi connectivity index (χ0v) is 12.2. The van der Waals surface area contributed by atoms with E-state index in [-0.39, 0.29) is 6.04 Å². The Morgan fingerprint density at radius 3 is 2.38 bits per heavy atom. The van der Waals surface area contributed by atoms with Crippen LogP contribution in [0.25, 0.3) is 0 Å². The summed E-state index contributed by atoms with van der Waals surface area (Å²) < 4.78 is 40.2. The highest BCUT2D eigenvalue weighted by atomic mass is 35.5. The van der Waals surface area contributed by atoms with Crippen LogP contribution in [0.1, 0.15) is 24.1 Å². The average Bonchev–Trinajstić information content (AvgIpc) is 2.42. The van der Waals surface area contributed by atoms with E-state index < -0.39 is 17.5 Å². The Morgan fingerprint density at radius 2 is 1.76 bits per heavy atom. The molecule has 0 spiro atoms. The van der Waals surface area contributed by atoms with Gasteiger partial charge in [-0.3, -0.25) is 0 Å². The summed E-state index contributed by atoms with van der Waals surface area (Å²) in [6.45, 7) is 2.52. The van der Waals surface area contributed by atoms with E-state index in [2.05, 4.69) is 5.32 Å². The fourth-order valence-electron chi connectivity index (χ4n) is 2.22. The molecule has 0 amide bonds. The summed E-state index contributed by atoms with van der Waals surface area (Å²) in [6.07, 6.45) is 0.351. The molecule has 0 fully saturated rings. The van der Waals surface area contributed by atoms with E-state index in [1.165, 1.54) is 12.1 Å². The summed E-state index contributed by atoms with van der Waals surface area (Å²) in [7, 11) is 0. The first kappa shape index (κ1) is 15.9. The molecule has 0 heterocycles. The Labute approximate surface area is 126 Å². The van der Waals surface area contributed by atoms with Gasteiger partial charge in [0.15, 0.2) is 11.6 Å². The molecule has 0 radical (unpaired) electrons. The van der Waals surface area contributed by atoms with E-state index in [9.17, 15) is 13.2 Å². The number of hydrogen-bond donors (Lipinski definition) is 1. The molecule has 0 bridgehead atoms. The van der Waals surface area contributed by atoms with Gasteiger partial charge in [0.2, 0.25) is 0 Å². The normalized spacial score (nSPS) is 12.4. The van der Waals surface area contributed by atoms with Gasteiger partial charge in [-0.2, -0.15) is 0 Å². The minimum Gasteiger partial charge on any atom is -0.310 e. The lowest BCUT2D eigenvalue weighted by Crippen LogP contribution is -2.24. The van der Waals surface area contributed by atoms with Gasteiger partial charge in [-0.05, 0) is 42.8 Å². The zero-order chi connectivity index (χ0) is 15.4. The van der Waals surface area contributed by atoms with Crippen LogP contribution in [-0.4, -0.2) is 6.54 Å². The molecule has 1 atom stereocenters. The maximum Gasteiger partial charge on any atom is 0.159 e. The molecule has 5 heteroatoms. The van der Waals surface area contributed by atoms with Gasteiger partial charge < -0.3 is 5.32 Å². The quantitative estimate of drug-likeness (QED) is 0.847. The van der Waals surface area contributed by atoms with Crippen molar-refractivity contribution in [1.29, 1.82) is 0 Å². The molecule has 21 heavy (non-hydrogen) atoms. The second-order valence-electron chi connectivity index (χ2n) is 4.73. The van der Waals surface area contributed by atoms with Crippen molar-refractivity contribution in [3.05, 3.63) is 70.0 Å². The summed E-state index contributed by atoms with van der Waals surface area (Å²) >= 11 is 5.75. The van der Waals surface area contributed by atoms with Crippen LogP contribution in [0.5, 0.6) is 0 Å². The van der Waals surface area contributed by atoms with Crippen molar-refractivity contribution >= 4 is 11.6 Å². The number of rotatable bonds is 5. The van der Waals surface area contributed by atoms with E-state index >= 15 is 0 Å². The Balaban J connectivity index is 2.28. The van der Waals surface area contributed by atoms with Crippen molar-refractivity contribution in [2.75, 3.05) is 6.54 Å². The summed E-state index contributed by atoms with van der Waals surface area (Å²) in [6, 6.07) is 7.82. The van der Waals surface area contributed by atoms with Crippen molar-refractivity contribution in [1.82, 2.24) is 5.32 Å². The maximum absolute atomic E-state index is 14.0. The molecule has 0 saturated carbocycles. The van der Waals surface area contributed by atoms with Crippen LogP contribution in [-0.2, 0) is 6.42 Å². The smallest absolute Gasteiger partial charge is 0.159 e. The molecule has 1 unspecified atom stereocenters. The average molecular weight is 314 g/mol. The van der Waals surface area contributed by atoms with Gasteiger partial charge in [0.1, 0.15) is 5.82 Å². The van der Waals surface area contributed by atoms with Gasteiger partial charge >= 0.3 is 0 Å². The third-order valence-corrected chi connectivity index (χ3v) is 3.45. The molecule has 0 aliphatic heterocycles. The van der Waals surface area contributed by atoms with Crippen LogP contribution in [0.3, 0.4) is 0 Å². The van der Waals surface area contributed by atoms with Crippen LogP contribution in [0, 0.1) is 17.5 Å². The van der Waals surface area contributed by atoms with Crippen molar-refractivity contribution in [2.24, 2.45) is 0 Å². The maximum atomic E-state index is 14.0. The van der Waals surface area contributed by atoms with Crippen LogP contribution in [0.4, 0.5) is 13.2 Å². The van der Waals surface area contributed by atoms with Crippen molar-refractivity contribution in [3.63, 3.8) is 0 Å². The van der Waals surface area contributed by atoms with Gasteiger partial charge in [-0.15, -0.1) is 0 Å². The molecular weight excluding hydrogens is 299 g/mol. The number of likely N-dealkylation sites (N-methyl/N-ethyl adjacent to an activating group) is 1. The van der Waals surface area contributed by atoms with Gasteiger partial charge in [0.25, 0.3) is 0 Å². The molecular formula is C16H15ClF3N. The van der Waals surface area contributed by atoms with Gasteiger partial charge in [-0.1, -0.05) is 30.7 Å². The molecule has 0 aliphatic rings. The summed E-state index contributed by atoms with van der Waals surface area (Å²) in [5.41, 5.74) is 1.04. The highest BCUT2D eigenvalue weighted by Crippen LogP contribution is 2.24. The molecule has 0 saturated heterocycles. The Kier molecular flexibility index (Phi) is 5.26. The first-order valence-corrected chi connectivity index (χ1v) is 7.01. The first-order valence-electron chi connectivity index (χ1n) is 6.63. The number of halogens is 4. The fourth-order valence-corrected chi connectivity index (χ4v) is 2.38. The number of benzene rings is 2. The molecule has 0 aromatic heterocycles. The lowest BCUT2D eigenvalue weighted by Gasteiger charge is -2.19. The fraction of sp³-hybridized carbons (Fsp3) is 0.250.